The third-order valence-corrected chi connectivity index (χ3v) is 5.93. The maximum Gasteiger partial charge on any atom is 0.296 e. The fraction of sp³-hybridized carbons (Fsp3) is 0.429. The lowest BCUT2D eigenvalue weighted by Gasteiger charge is -2.10. The molecule has 2 aliphatic rings. The van der Waals surface area contributed by atoms with Gasteiger partial charge in [0.2, 0.25) is 0 Å². The minimum Gasteiger partial charge on any atom is -0.318 e. The number of hydrogen-bond donors (Lipinski definition) is 1. The molecule has 0 saturated heterocycles. The smallest absolute Gasteiger partial charge is 0.296 e. The van der Waals surface area contributed by atoms with Crippen molar-refractivity contribution in [1.29, 1.82) is 0 Å². The molecule has 100 valence electrons. The fourth-order valence-electron chi connectivity index (χ4n) is 2.64. The largest absolute Gasteiger partial charge is 0.318 e. The van der Waals surface area contributed by atoms with Gasteiger partial charge >= 0.3 is 0 Å². The predicted molar refractivity (Wildman–Crippen MR) is 79.8 cm³/mol. The van der Waals surface area contributed by atoms with Crippen LogP contribution in [-0.2, 0) is 4.79 Å². The van der Waals surface area contributed by atoms with Gasteiger partial charge in [-0.2, -0.15) is 0 Å². The van der Waals surface area contributed by atoms with Gasteiger partial charge in [-0.1, -0.05) is 12.8 Å². The van der Waals surface area contributed by atoms with Gasteiger partial charge in [-0.15, -0.1) is 11.8 Å². The summed E-state index contributed by atoms with van der Waals surface area (Å²) in [5, 5.41) is 2.62. The Labute approximate surface area is 124 Å². The number of ketones is 1. The molecule has 1 aromatic carbocycles. The number of anilines is 1. The van der Waals surface area contributed by atoms with E-state index in [9.17, 15) is 9.59 Å². The summed E-state index contributed by atoms with van der Waals surface area (Å²) in [6.07, 6.45) is 5.35. The summed E-state index contributed by atoms with van der Waals surface area (Å²) in [5.41, 5.74) is 1.12. The molecular weight excluding hydrogens is 326 g/mol. The maximum absolute atomic E-state index is 11.6. The summed E-state index contributed by atoms with van der Waals surface area (Å²) >= 11 is 5.30. The predicted octanol–water partition coefficient (Wildman–Crippen LogP) is 3.87. The van der Waals surface area contributed by atoms with Crippen LogP contribution in [0.15, 0.2) is 21.5 Å². The lowest BCUT2D eigenvalue weighted by atomic mass is 10.1. The van der Waals surface area contributed by atoms with Crippen LogP contribution in [0, 0.1) is 5.92 Å². The molecule has 1 amide bonds. The maximum atomic E-state index is 11.6. The van der Waals surface area contributed by atoms with Gasteiger partial charge in [0.25, 0.3) is 11.7 Å². The summed E-state index contributed by atoms with van der Waals surface area (Å²) < 4.78 is 0.902. The molecule has 0 spiro atoms. The summed E-state index contributed by atoms with van der Waals surface area (Å²) in [5.74, 6) is 0.948. The highest BCUT2D eigenvalue weighted by atomic mass is 79.9. The van der Waals surface area contributed by atoms with Gasteiger partial charge in [-0.05, 0) is 46.8 Å². The van der Waals surface area contributed by atoms with E-state index in [0.29, 0.717) is 11.3 Å². The van der Waals surface area contributed by atoms with E-state index in [1.165, 1.54) is 25.7 Å². The van der Waals surface area contributed by atoms with Crippen LogP contribution in [0.25, 0.3) is 0 Å². The monoisotopic (exact) mass is 339 g/mol. The van der Waals surface area contributed by atoms with Crippen molar-refractivity contribution in [3.05, 3.63) is 22.2 Å². The van der Waals surface area contributed by atoms with Gasteiger partial charge < -0.3 is 5.32 Å². The summed E-state index contributed by atoms with van der Waals surface area (Å²) in [6.45, 7) is 0. The first-order valence-electron chi connectivity index (χ1n) is 6.47. The third-order valence-electron chi connectivity index (χ3n) is 3.72. The van der Waals surface area contributed by atoms with Crippen molar-refractivity contribution in [2.75, 3.05) is 11.1 Å². The first-order valence-corrected chi connectivity index (χ1v) is 8.25. The highest BCUT2D eigenvalue weighted by Crippen LogP contribution is 2.38. The Morgan fingerprint density at radius 3 is 2.74 bits per heavy atom. The third kappa shape index (κ3) is 2.58. The lowest BCUT2D eigenvalue weighted by molar-refractivity contribution is -0.112. The van der Waals surface area contributed by atoms with Crippen LogP contribution < -0.4 is 5.32 Å². The van der Waals surface area contributed by atoms with Crippen molar-refractivity contribution in [2.24, 2.45) is 5.92 Å². The molecule has 0 unspecified atom stereocenters. The molecule has 19 heavy (non-hydrogen) atoms. The number of nitrogens with one attached hydrogen (secondary N) is 1. The molecule has 0 radical (unpaired) electrons. The van der Waals surface area contributed by atoms with E-state index in [-0.39, 0.29) is 0 Å². The molecule has 1 aromatic rings. The average Bonchev–Trinajstić information content (AvgIpc) is 2.98. The molecular formula is C14H14BrNO2S. The Hall–Kier alpha value is -0.810. The number of thioether (sulfide) groups is 1. The zero-order valence-electron chi connectivity index (χ0n) is 10.4. The molecule has 1 fully saturated rings. The minimum absolute atomic E-state index is 0.442. The molecule has 1 aliphatic heterocycles. The number of fused-ring (bicyclic) bond motifs is 1. The van der Waals surface area contributed by atoms with Gasteiger partial charge in [-0.3, -0.25) is 9.59 Å². The molecule has 1 heterocycles. The van der Waals surface area contributed by atoms with Crippen LogP contribution in [0.1, 0.15) is 36.0 Å². The second-order valence-electron chi connectivity index (χ2n) is 5.07. The second kappa shape index (κ2) is 5.29. The van der Waals surface area contributed by atoms with Crippen molar-refractivity contribution >= 4 is 45.1 Å². The standard InChI is InChI=1S/C14H14BrNO2S/c15-10-5-9-11(16-14(18)13(9)17)6-12(10)19-7-8-3-1-2-4-8/h5-6,8H,1-4,7H2,(H,16,17,18). The van der Waals surface area contributed by atoms with Gasteiger partial charge in [-0.25, -0.2) is 0 Å². The van der Waals surface area contributed by atoms with Crippen molar-refractivity contribution in [3.8, 4) is 0 Å². The molecule has 0 atom stereocenters. The first-order chi connectivity index (χ1) is 9.15. The van der Waals surface area contributed by atoms with E-state index in [1.54, 1.807) is 17.8 Å². The number of carbonyl (C=O) groups is 2. The van der Waals surface area contributed by atoms with Crippen molar-refractivity contribution in [3.63, 3.8) is 0 Å². The molecule has 3 rings (SSSR count). The van der Waals surface area contributed by atoms with E-state index in [4.69, 9.17) is 0 Å². The Bertz CT molecular complexity index is 553. The number of rotatable bonds is 3. The SMILES string of the molecule is O=C1Nc2cc(SCC3CCCC3)c(Br)cc2C1=O. The van der Waals surface area contributed by atoms with Crippen LogP contribution >= 0.6 is 27.7 Å². The highest BCUT2D eigenvalue weighted by molar-refractivity contribution is 9.10. The lowest BCUT2D eigenvalue weighted by Crippen LogP contribution is -2.12. The number of carbonyl (C=O) groups excluding carboxylic acids is 2. The Morgan fingerprint density at radius 1 is 1.26 bits per heavy atom. The van der Waals surface area contributed by atoms with Crippen molar-refractivity contribution in [2.45, 2.75) is 30.6 Å². The van der Waals surface area contributed by atoms with Crippen LogP contribution in [0.3, 0.4) is 0 Å². The number of amides is 1. The van der Waals surface area contributed by atoms with Gasteiger partial charge in [0, 0.05) is 15.1 Å². The first kappa shape index (κ1) is 13.2. The number of benzene rings is 1. The van der Waals surface area contributed by atoms with Crippen LogP contribution in [-0.4, -0.2) is 17.4 Å². The molecule has 1 aliphatic carbocycles. The average molecular weight is 340 g/mol. The Morgan fingerprint density at radius 2 is 2.00 bits per heavy atom. The molecule has 1 saturated carbocycles. The zero-order chi connectivity index (χ0) is 13.4. The van der Waals surface area contributed by atoms with E-state index in [1.807, 2.05) is 6.07 Å². The van der Waals surface area contributed by atoms with Gasteiger partial charge in [0.1, 0.15) is 0 Å². The van der Waals surface area contributed by atoms with Crippen molar-refractivity contribution in [1.82, 2.24) is 0 Å². The van der Waals surface area contributed by atoms with Crippen molar-refractivity contribution < 1.29 is 9.59 Å². The Kier molecular flexibility index (Phi) is 3.67. The van der Waals surface area contributed by atoms with Crippen LogP contribution in [0.4, 0.5) is 5.69 Å². The highest BCUT2D eigenvalue weighted by Gasteiger charge is 2.29. The summed E-state index contributed by atoms with van der Waals surface area (Å²) in [7, 11) is 0. The molecule has 3 nitrogen and oxygen atoms in total. The normalized spacial score (nSPS) is 18.8. The second-order valence-corrected chi connectivity index (χ2v) is 6.99. The Balaban J connectivity index is 1.77. The summed E-state index contributed by atoms with van der Waals surface area (Å²) in [6, 6.07) is 3.66. The summed E-state index contributed by atoms with van der Waals surface area (Å²) in [4.78, 5) is 24.0. The number of hydrogen-bond acceptors (Lipinski definition) is 3. The van der Waals surface area contributed by atoms with E-state index in [0.717, 1.165) is 21.0 Å². The van der Waals surface area contributed by atoms with E-state index < -0.39 is 11.7 Å². The number of halogens is 1. The number of Topliss-reactive ketones (excluding diaryl/α,β-unsaturated/α-hetero) is 1. The van der Waals surface area contributed by atoms with E-state index in [2.05, 4.69) is 21.2 Å². The van der Waals surface area contributed by atoms with Gasteiger partial charge in [0.15, 0.2) is 0 Å². The fourth-order valence-corrected chi connectivity index (χ4v) is 4.47. The molecule has 0 aromatic heterocycles. The minimum atomic E-state index is -0.528. The molecule has 5 heteroatoms. The molecule has 0 bridgehead atoms. The topological polar surface area (TPSA) is 46.2 Å². The quantitative estimate of drug-likeness (QED) is 0.671. The van der Waals surface area contributed by atoms with E-state index >= 15 is 0 Å². The van der Waals surface area contributed by atoms with Crippen LogP contribution in [0.5, 0.6) is 0 Å². The zero-order valence-corrected chi connectivity index (χ0v) is 12.8. The van der Waals surface area contributed by atoms with Gasteiger partial charge in [0.05, 0.1) is 11.3 Å². The molecule has 1 N–H and O–H groups in total. The van der Waals surface area contributed by atoms with Crippen LogP contribution in [0.2, 0.25) is 0 Å².